The second kappa shape index (κ2) is 48.4. The Hall–Kier alpha value is -1.06. The molecule has 61 heavy (non-hydrogen) atoms. The van der Waals surface area contributed by atoms with Crippen LogP contribution in [0.25, 0.3) is 0 Å². The van der Waals surface area contributed by atoms with Gasteiger partial charge in [-0.25, -0.2) is 4.57 Å². The highest BCUT2D eigenvalue weighted by atomic mass is 31.2. The highest BCUT2D eigenvalue weighted by molar-refractivity contribution is 7.47. The Bertz CT molecular complexity index is 1010. The van der Waals surface area contributed by atoms with E-state index in [1.165, 1.54) is 186 Å². The van der Waals surface area contributed by atoms with E-state index in [0.29, 0.717) is 6.61 Å². The number of unbranched alkanes of at least 4 members (excludes halogenated alkanes) is 32. The molecule has 0 amide bonds. The van der Waals surface area contributed by atoms with Crippen LogP contribution in [-0.4, -0.2) is 66.3 Å². The van der Waals surface area contributed by atoms with Crippen LogP contribution in [0.15, 0.2) is 24.3 Å². The van der Waals surface area contributed by atoms with Gasteiger partial charge in [-0.15, -0.1) is 0 Å². The summed E-state index contributed by atoms with van der Waals surface area (Å²) in [5.74, 6) is -0.381. The van der Waals surface area contributed by atoms with Crippen LogP contribution in [-0.2, 0) is 27.9 Å². The Kier molecular flexibility index (Phi) is 47.6. The molecule has 0 aliphatic carbocycles. The van der Waals surface area contributed by atoms with Crippen LogP contribution in [0.3, 0.4) is 0 Å². The van der Waals surface area contributed by atoms with Crippen molar-refractivity contribution in [1.29, 1.82) is 0 Å². The van der Waals surface area contributed by atoms with E-state index >= 15 is 0 Å². The molecule has 0 aromatic carbocycles. The highest BCUT2D eigenvalue weighted by Crippen LogP contribution is 2.43. The van der Waals surface area contributed by atoms with Crippen LogP contribution < -0.4 is 0 Å². The SMILES string of the molecule is CCCCCCCCC/C=C\CCCCCCCCOCC(COP(=O)(O)OCC(O)CO)OC(=O)CCCCCCCCCCCCC/C=C\CCCCCCCCCC. The zero-order chi connectivity index (χ0) is 44.6. The number of esters is 1. The minimum Gasteiger partial charge on any atom is -0.457 e. The van der Waals surface area contributed by atoms with E-state index in [0.717, 1.165) is 44.9 Å². The average Bonchev–Trinajstić information content (AvgIpc) is 3.25. The molecule has 9 nitrogen and oxygen atoms in total. The molecular weight excluding hydrogens is 788 g/mol. The number of ether oxygens (including phenoxy) is 2. The lowest BCUT2D eigenvalue weighted by Gasteiger charge is -2.20. The molecule has 0 saturated heterocycles. The lowest BCUT2D eigenvalue weighted by atomic mass is 10.0. The van der Waals surface area contributed by atoms with Crippen LogP contribution in [0.2, 0.25) is 0 Å². The Morgan fingerprint density at radius 2 is 0.836 bits per heavy atom. The van der Waals surface area contributed by atoms with Crippen molar-refractivity contribution >= 4 is 13.8 Å². The van der Waals surface area contributed by atoms with E-state index in [9.17, 15) is 19.4 Å². The van der Waals surface area contributed by atoms with Crippen molar-refractivity contribution in [2.75, 3.05) is 33.0 Å². The number of aliphatic hydroxyl groups excluding tert-OH is 2. The maximum atomic E-state index is 12.7. The van der Waals surface area contributed by atoms with Crippen LogP contribution in [0, 0.1) is 0 Å². The van der Waals surface area contributed by atoms with Crippen molar-refractivity contribution in [2.45, 2.75) is 264 Å². The smallest absolute Gasteiger partial charge is 0.457 e. The number of phosphoric acid groups is 1. The van der Waals surface area contributed by atoms with Gasteiger partial charge in [-0.05, 0) is 64.2 Å². The first-order valence-corrected chi connectivity index (χ1v) is 27.3. The second-order valence-corrected chi connectivity index (χ2v) is 19.0. The number of aliphatic hydroxyl groups is 2. The fourth-order valence-electron chi connectivity index (χ4n) is 7.41. The molecule has 0 bridgehead atoms. The third kappa shape index (κ3) is 48.2. The van der Waals surface area contributed by atoms with Gasteiger partial charge in [0.15, 0.2) is 0 Å². The van der Waals surface area contributed by atoms with Crippen LogP contribution in [0.4, 0.5) is 0 Å². The van der Waals surface area contributed by atoms with Crippen molar-refractivity contribution in [3.8, 4) is 0 Å². The molecule has 3 N–H and O–H groups in total. The van der Waals surface area contributed by atoms with Gasteiger partial charge in [0.05, 0.1) is 26.4 Å². The van der Waals surface area contributed by atoms with E-state index in [1.807, 2.05) is 0 Å². The van der Waals surface area contributed by atoms with E-state index in [1.54, 1.807) is 0 Å². The number of carbonyl (C=O) groups excluding carboxylic acids is 1. The largest absolute Gasteiger partial charge is 0.472 e. The van der Waals surface area contributed by atoms with Gasteiger partial charge in [-0.2, -0.15) is 0 Å². The molecule has 0 saturated carbocycles. The number of hydrogen-bond acceptors (Lipinski definition) is 8. The van der Waals surface area contributed by atoms with Gasteiger partial charge in [0.25, 0.3) is 0 Å². The lowest BCUT2D eigenvalue weighted by molar-refractivity contribution is -0.154. The topological polar surface area (TPSA) is 132 Å². The van der Waals surface area contributed by atoms with Crippen molar-refractivity contribution < 1.29 is 43.0 Å². The van der Waals surface area contributed by atoms with Crippen LogP contribution >= 0.6 is 7.82 Å². The van der Waals surface area contributed by atoms with E-state index in [-0.39, 0.29) is 25.6 Å². The van der Waals surface area contributed by atoms with Gasteiger partial charge >= 0.3 is 13.8 Å². The first-order chi connectivity index (χ1) is 29.8. The summed E-state index contributed by atoms with van der Waals surface area (Å²) in [5.41, 5.74) is 0. The van der Waals surface area contributed by atoms with Crippen molar-refractivity contribution in [3.63, 3.8) is 0 Å². The molecule has 362 valence electrons. The van der Waals surface area contributed by atoms with Crippen molar-refractivity contribution in [2.24, 2.45) is 0 Å². The summed E-state index contributed by atoms with van der Waals surface area (Å²) in [6, 6.07) is 0. The third-order valence-corrected chi connectivity index (χ3v) is 12.3. The number of hydrogen-bond donors (Lipinski definition) is 3. The van der Waals surface area contributed by atoms with Crippen molar-refractivity contribution in [3.05, 3.63) is 24.3 Å². The summed E-state index contributed by atoms with van der Waals surface area (Å²) in [6.45, 7) is 3.55. The molecule has 0 radical (unpaired) electrons. The van der Waals surface area contributed by atoms with Gasteiger partial charge in [-0.1, -0.05) is 205 Å². The molecule has 3 unspecified atom stereocenters. The summed E-state index contributed by atoms with van der Waals surface area (Å²) in [4.78, 5) is 22.7. The molecule has 10 heteroatoms. The lowest BCUT2D eigenvalue weighted by Crippen LogP contribution is -2.29. The minimum absolute atomic E-state index is 0.0483. The first kappa shape index (κ1) is 59.9. The van der Waals surface area contributed by atoms with Gasteiger partial charge in [-0.3, -0.25) is 13.8 Å². The summed E-state index contributed by atoms with van der Waals surface area (Å²) >= 11 is 0. The van der Waals surface area contributed by atoms with Crippen molar-refractivity contribution in [1.82, 2.24) is 0 Å². The normalized spacial score (nSPS) is 14.0. The van der Waals surface area contributed by atoms with Crippen LogP contribution in [0.5, 0.6) is 0 Å². The van der Waals surface area contributed by atoms with Crippen LogP contribution in [0.1, 0.15) is 251 Å². The summed E-state index contributed by atoms with van der Waals surface area (Å²) < 4.78 is 33.5. The summed E-state index contributed by atoms with van der Waals surface area (Å²) in [6.07, 6.45) is 52.9. The maximum absolute atomic E-state index is 12.7. The molecule has 0 aliphatic heterocycles. The predicted molar refractivity (Wildman–Crippen MR) is 256 cm³/mol. The monoisotopic (exact) mass is 887 g/mol. The molecule has 0 rings (SSSR count). The standard InChI is InChI=1S/C51H99O9P/c1-3-5-7-9-11-13-15-17-19-21-22-23-24-25-26-27-29-31-33-35-37-39-41-43-51(54)60-50(48-59-61(55,56)58-46-49(53)45-52)47-57-44-42-40-38-36-34-32-30-28-20-18-16-14-12-10-8-6-4-2/h20-22,28,49-50,52-53H,3-19,23-27,29-48H2,1-2H3,(H,55,56)/b22-21-,28-20-. The summed E-state index contributed by atoms with van der Waals surface area (Å²) in [5, 5.41) is 18.4. The maximum Gasteiger partial charge on any atom is 0.472 e. The van der Waals surface area contributed by atoms with Gasteiger partial charge in [0.2, 0.25) is 0 Å². The molecule has 0 aromatic rings. The van der Waals surface area contributed by atoms with E-state index in [4.69, 9.17) is 23.6 Å². The summed E-state index contributed by atoms with van der Waals surface area (Å²) in [7, 11) is -4.52. The van der Waals surface area contributed by atoms with E-state index in [2.05, 4.69) is 38.2 Å². The minimum atomic E-state index is -4.52. The van der Waals surface area contributed by atoms with E-state index < -0.39 is 33.2 Å². The third-order valence-electron chi connectivity index (χ3n) is 11.4. The van der Waals surface area contributed by atoms with Gasteiger partial charge in [0.1, 0.15) is 12.2 Å². The Morgan fingerprint density at radius 1 is 0.492 bits per heavy atom. The molecule has 0 aliphatic rings. The predicted octanol–water partition coefficient (Wildman–Crippen LogP) is 15.0. The molecule has 0 fully saturated rings. The molecular formula is C51H99O9P. The fourth-order valence-corrected chi connectivity index (χ4v) is 8.20. The van der Waals surface area contributed by atoms with Gasteiger partial charge < -0.3 is 24.6 Å². The Balaban J connectivity index is 4.04. The molecule has 0 spiro atoms. The number of phosphoric ester groups is 1. The Labute approximate surface area is 376 Å². The number of rotatable bonds is 50. The second-order valence-electron chi connectivity index (χ2n) is 17.5. The van der Waals surface area contributed by atoms with Gasteiger partial charge in [0, 0.05) is 13.0 Å². The quantitative estimate of drug-likeness (QED) is 0.0236. The molecule has 3 atom stereocenters. The fraction of sp³-hybridized carbons (Fsp3) is 0.902. The zero-order valence-corrected chi connectivity index (χ0v) is 40.8. The molecule has 0 heterocycles. The molecule has 0 aromatic heterocycles. The average molecular weight is 887 g/mol. The first-order valence-electron chi connectivity index (χ1n) is 25.8. The zero-order valence-electron chi connectivity index (χ0n) is 39.9. The highest BCUT2D eigenvalue weighted by Gasteiger charge is 2.26. The number of carbonyl (C=O) groups is 1. The Morgan fingerprint density at radius 3 is 1.23 bits per heavy atom. The number of allylic oxidation sites excluding steroid dienone is 4.